The minimum absolute atomic E-state index is 0.273. The van der Waals surface area contributed by atoms with E-state index in [2.05, 4.69) is 20.9 Å². The molecule has 2 rings (SSSR count). The number of rotatable bonds is 3. The Kier molecular flexibility index (Phi) is 4.50. The molecule has 1 aromatic carbocycles. The average Bonchev–Trinajstić information content (AvgIpc) is 2.48. The zero-order valence-electron chi connectivity index (χ0n) is 11.5. The van der Waals surface area contributed by atoms with Crippen molar-refractivity contribution < 1.29 is 18.0 Å². The fourth-order valence-corrected chi connectivity index (χ4v) is 1.66. The molecule has 22 heavy (non-hydrogen) atoms. The number of nitrogens with one attached hydrogen (secondary N) is 3. The number of amides is 2. The summed E-state index contributed by atoms with van der Waals surface area (Å²) in [6.07, 6.45) is -3.00. The van der Waals surface area contributed by atoms with Crippen molar-refractivity contribution in [2.45, 2.75) is 6.18 Å². The van der Waals surface area contributed by atoms with Gasteiger partial charge >= 0.3 is 12.2 Å². The van der Waals surface area contributed by atoms with Crippen LogP contribution in [0.2, 0.25) is 0 Å². The van der Waals surface area contributed by atoms with Crippen molar-refractivity contribution in [2.75, 3.05) is 17.7 Å². The molecule has 2 amide bonds. The van der Waals surface area contributed by atoms with Gasteiger partial charge in [-0.1, -0.05) is 6.07 Å². The lowest BCUT2D eigenvalue weighted by Crippen LogP contribution is -2.24. The van der Waals surface area contributed by atoms with E-state index < -0.39 is 11.7 Å². The number of anilines is 3. The number of alkyl halides is 3. The van der Waals surface area contributed by atoms with Crippen LogP contribution in [0.5, 0.6) is 0 Å². The second-order valence-corrected chi connectivity index (χ2v) is 4.34. The third-order valence-electron chi connectivity index (χ3n) is 2.71. The van der Waals surface area contributed by atoms with E-state index in [0.29, 0.717) is 11.5 Å². The minimum Gasteiger partial charge on any atom is -0.341 e. The molecule has 0 fully saturated rings. The van der Waals surface area contributed by atoms with Crippen LogP contribution in [0.15, 0.2) is 42.6 Å². The van der Waals surface area contributed by atoms with Gasteiger partial charge in [-0.15, -0.1) is 0 Å². The number of carbonyl (C=O) groups excluding carboxylic acids is 1. The summed E-state index contributed by atoms with van der Waals surface area (Å²) in [6, 6.07) is 7.55. The molecule has 0 aliphatic rings. The highest BCUT2D eigenvalue weighted by Crippen LogP contribution is 2.31. The molecular formula is C14H13F3N4O. The van der Waals surface area contributed by atoms with E-state index in [1.165, 1.54) is 25.4 Å². The van der Waals surface area contributed by atoms with Gasteiger partial charge in [-0.05, 0) is 30.3 Å². The maximum absolute atomic E-state index is 12.6. The van der Waals surface area contributed by atoms with Crippen LogP contribution in [0.3, 0.4) is 0 Å². The fourth-order valence-electron chi connectivity index (χ4n) is 1.66. The highest BCUT2D eigenvalue weighted by molar-refractivity contribution is 5.88. The van der Waals surface area contributed by atoms with Crippen LogP contribution in [-0.2, 0) is 6.18 Å². The first-order chi connectivity index (χ1) is 10.4. The summed E-state index contributed by atoms with van der Waals surface area (Å²) in [4.78, 5) is 15.1. The number of hydrogen-bond donors (Lipinski definition) is 3. The molecule has 2 aromatic rings. The van der Waals surface area contributed by atoms with E-state index in [0.717, 1.165) is 12.1 Å². The molecule has 0 unspecified atom stereocenters. The Labute approximate surface area is 124 Å². The smallest absolute Gasteiger partial charge is 0.341 e. The Bertz CT molecular complexity index is 656. The zero-order chi connectivity index (χ0) is 16.2. The number of urea groups is 1. The van der Waals surface area contributed by atoms with Gasteiger partial charge in [-0.25, -0.2) is 9.78 Å². The van der Waals surface area contributed by atoms with Crippen molar-refractivity contribution in [3.05, 3.63) is 48.2 Å². The molecule has 1 heterocycles. The largest absolute Gasteiger partial charge is 0.416 e. The second kappa shape index (κ2) is 6.33. The lowest BCUT2D eigenvalue weighted by atomic mass is 10.2. The summed E-state index contributed by atoms with van der Waals surface area (Å²) in [5, 5.41) is 7.68. The van der Waals surface area contributed by atoms with E-state index in [1.807, 2.05) is 0 Å². The predicted octanol–water partition coefficient (Wildman–Crippen LogP) is 3.60. The van der Waals surface area contributed by atoms with Crippen LogP contribution in [0, 0.1) is 0 Å². The Balaban J connectivity index is 2.09. The third kappa shape index (κ3) is 4.11. The monoisotopic (exact) mass is 310 g/mol. The van der Waals surface area contributed by atoms with E-state index in [-0.39, 0.29) is 11.7 Å². The summed E-state index contributed by atoms with van der Waals surface area (Å²) in [5.74, 6) is 0.363. The second-order valence-electron chi connectivity index (χ2n) is 4.34. The molecule has 0 saturated carbocycles. The molecule has 0 spiro atoms. The number of pyridine rings is 1. The summed E-state index contributed by atoms with van der Waals surface area (Å²) in [6.45, 7) is 0. The zero-order valence-corrected chi connectivity index (χ0v) is 11.5. The van der Waals surface area contributed by atoms with Gasteiger partial charge in [-0.3, -0.25) is 0 Å². The Morgan fingerprint density at radius 2 is 1.91 bits per heavy atom. The van der Waals surface area contributed by atoms with Gasteiger partial charge in [-0.2, -0.15) is 13.2 Å². The van der Waals surface area contributed by atoms with Crippen LogP contribution in [-0.4, -0.2) is 18.1 Å². The Morgan fingerprint density at radius 1 is 1.14 bits per heavy atom. The van der Waals surface area contributed by atoms with Crippen LogP contribution >= 0.6 is 0 Å². The first kappa shape index (κ1) is 15.6. The number of halogens is 3. The van der Waals surface area contributed by atoms with Crippen molar-refractivity contribution in [3.8, 4) is 0 Å². The van der Waals surface area contributed by atoms with E-state index in [9.17, 15) is 18.0 Å². The fraction of sp³-hybridized carbons (Fsp3) is 0.143. The molecule has 0 aliphatic carbocycles. The van der Waals surface area contributed by atoms with Gasteiger partial charge < -0.3 is 16.0 Å². The van der Waals surface area contributed by atoms with Crippen LogP contribution < -0.4 is 16.0 Å². The minimum atomic E-state index is -4.40. The van der Waals surface area contributed by atoms with Gasteiger partial charge in [0.05, 0.1) is 17.4 Å². The van der Waals surface area contributed by atoms with Crippen molar-refractivity contribution in [2.24, 2.45) is 0 Å². The third-order valence-corrected chi connectivity index (χ3v) is 2.71. The highest BCUT2D eigenvalue weighted by atomic mass is 19.4. The van der Waals surface area contributed by atoms with Gasteiger partial charge in [0.1, 0.15) is 5.82 Å². The van der Waals surface area contributed by atoms with Crippen molar-refractivity contribution in [3.63, 3.8) is 0 Å². The molecule has 0 bridgehead atoms. The molecule has 0 aliphatic heterocycles. The van der Waals surface area contributed by atoms with Gasteiger partial charge in [0.15, 0.2) is 0 Å². The van der Waals surface area contributed by atoms with Gasteiger partial charge in [0.2, 0.25) is 0 Å². The van der Waals surface area contributed by atoms with E-state index in [4.69, 9.17) is 0 Å². The first-order valence-electron chi connectivity index (χ1n) is 6.27. The molecule has 0 saturated heterocycles. The first-order valence-corrected chi connectivity index (χ1v) is 6.27. The van der Waals surface area contributed by atoms with Crippen LogP contribution in [0.25, 0.3) is 0 Å². The molecule has 0 radical (unpaired) electrons. The quantitative estimate of drug-likeness (QED) is 0.811. The standard InChI is InChI=1S/C14H13F3N4O/c1-18-13(22)21-11-5-6-12(19-8-11)20-10-4-2-3-9(7-10)14(15,16)17/h2-8H,1H3,(H,19,20)(H2,18,21,22). The lowest BCUT2D eigenvalue weighted by molar-refractivity contribution is -0.137. The number of nitrogens with zero attached hydrogens (tertiary/aromatic N) is 1. The van der Waals surface area contributed by atoms with Crippen molar-refractivity contribution in [1.82, 2.24) is 10.3 Å². The highest BCUT2D eigenvalue weighted by Gasteiger charge is 2.30. The van der Waals surface area contributed by atoms with Crippen LogP contribution in [0.1, 0.15) is 5.56 Å². The number of benzene rings is 1. The maximum Gasteiger partial charge on any atom is 0.416 e. The van der Waals surface area contributed by atoms with Crippen LogP contribution in [0.4, 0.5) is 35.2 Å². The molecule has 116 valence electrons. The molecular weight excluding hydrogens is 297 g/mol. The average molecular weight is 310 g/mol. The molecule has 8 heteroatoms. The number of aromatic nitrogens is 1. The van der Waals surface area contributed by atoms with Gasteiger partial charge in [0.25, 0.3) is 0 Å². The maximum atomic E-state index is 12.6. The lowest BCUT2D eigenvalue weighted by Gasteiger charge is -2.10. The number of carbonyl (C=O) groups is 1. The van der Waals surface area contributed by atoms with Gasteiger partial charge in [0, 0.05) is 12.7 Å². The Morgan fingerprint density at radius 3 is 2.50 bits per heavy atom. The summed E-state index contributed by atoms with van der Waals surface area (Å²) in [5.41, 5.74) is -0.00122. The van der Waals surface area contributed by atoms with E-state index >= 15 is 0 Å². The summed E-state index contributed by atoms with van der Waals surface area (Å²) in [7, 11) is 1.48. The molecule has 1 aromatic heterocycles. The summed E-state index contributed by atoms with van der Waals surface area (Å²) >= 11 is 0. The topological polar surface area (TPSA) is 66.1 Å². The van der Waals surface area contributed by atoms with Crippen molar-refractivity contribution in [1.29, 1.82) is 0 Å². The molecule has 3 N–H and O–H groups in total. The SMILES string of the molecule is CNC(=O)Nc1ccc(Nc2cccc(C(F)(F)F)c2)nc1. The number of hydrogen-bond acceptors (Lipinski definition) is 3. The van der Waals surface area contributed by atoms with E-state index in [1.54, 1.807) is 12.1 Å². The predicted molar refractivity (Wildman–Crippen MR) is 77.0 cm³/mol. The molecule has 0 atom stereocenters. The normalized spacial score (nSPS) is 10.9. The molecule has 5 nitrogen and oxygen atoms in total. The summed E-state index contributed by atoms with van der Waals surface area (Å²) < 4.78 is 37.9. The Hall–Kier alpha value is -2.77. The van der Waals surface area contributed by atoms with Crippen molar-refractivity contribution >= 4 is 23.2 Å².